The third-order valence-corrected chi connectivity index (χ3v) is 2.64. The molecule has 0 atom stereocenters. The summed E-state index contributed by atoms with van der Waals surface area (Å²) in [7, 11) is 0. The number of nitrogens with zero attached hydrogens (tertiary/aromatic N) is 2. The highest BCUT2D eigenvalue weighted by atomic mass is 19.4. The van der Waals surface area contributed by atoms with E-state index >= 15 is 0 Å². The van der Waals surface area contributed by atoms with Crippen LogP contribution < -0.4 is 5.32 Å². The van der Waals surface area contributed by atoms with Crippen LogP contribution in [-0.4, -0.2) is 15.7 Å². The molecule has 21 heavy (non-hydrogen) atoms. The summed E-state index contributed by atoms with van der Waals surface area (Å²) in [4.78, 5) is 11.6. The predicted molar refractivity (Wildman–Crippen MR) is 65.5 cm³/mol. The highest BCUT2D eigenvalue weighted by Gasteiger charge is 2.33. The van der Waals surface area contributed by atoms with E-state index in [0.717, 1.165) is 16.9 Å². The van der Waals surface area contributed by atoms with Gasteiger partial charge in [0.15, 0.2) is 5.69 Å². The van der Waals surface area contributed by atoms with Crippen LogP contribution in [0.5, 0.6) is 0 Å². The first-order valence-corrected chi connectivity index (χ1v) is 5.96. The number of halogens is 4. The van der Waals surface area contributed by atoms with Crippen LogP contribution in [0.1, 0.15) is 11.3 Å². The zero-order valence-corrected chi connectivity index (χ0v) is 10.7. The predicted octanol–water partition coefficient (Wildman–Crippen LogP) is 2.36. The van der Waals surface area contributed by atoms with Crippen molar-refractivity contribution in [1.29, 1.82) is 0 Å². The first kappa shape index (κ1) is 15.0. The summed E-state index contributed by atoms with van der Waals surface area (Å²) in [5.74, 6) is -0.877. The summed E-state index contributed by atoms with van der Waals surface area (Å²) in [5.41, 5.74) is -0.366. The van der Waals surface area contributed by atoms with Gasteiger partial charge in [-0.15, -0.1) is 0 Å². The number of aromatic nitrogens is 2. The molecule has 0 saturated heterocycles. The molecule has 0 aliphatic rings. The Morgan fingerprint density at radius 2 is 1.86 bits per heavy atom. The van der Waals surface area contributed by atoms with Gasteiger partial charge in [0.2, 0.25) is 5.91 Å². The number of hydrogen-bond donors (Lipinski definition) is 1. The molecule has 112 valence electrons. The van der Waals surface area contributed by atoms with Gasteiger partial charge < -0.3 is 5.32 Å². The van der Waals surface area contributed by atoms with E-state index in [-0.39, 0.29) is 18.9 Å². The van der Waals surface area contributed by atoms with Gasteiger partial charge in [0, 0.05) is 12.7 Å². The van der Waals surface area contributed by atoms with Crippen molar-refractivity contribution in [3.05, 3.63) is 53.6 Å². The van der Waals surface area contributed by atoms with E-state index < -0.39 is 17.8 Å². The molecule has 0 saturated carbocycles. The summed E-state index contributed by atoms with van der Waals surface area (Å²) in [6, 6.07) is 6.32. The highest BCUT2D eigenvalue weighted by Crippen LogP contribution is 2.27. The van der Waals surface area contributed by atoms with E-state index in [4.69, 9.17) is 0 Å². The fourth-order valence-corrected chi connectivity index (χ4v) is 1.61. The van der Waals surface area contributed by atoms with E-state index in [2.05, 4.69) is 10.4 Å². The van der Waals surface area contributed by atoms with Gasteiger partial charge in [-0.25, -0.2) is 4.39 Å². The zero-order valence-electron chi connectivity index (χ0n) is 10.7. The number of benzene rings is 1. The molecule has 1 N–H and O–H groups in total. The van der Waals surface area contributed by atoms with E-state index in [1.807, 2.05) is 0 Å². The molecule has 0 fully saturated rings. The second-order valence-corrected chi connectivity index (χ2v) is 4.30. The SMILES string of the molecule is O=C(Cn1ccc(C(F)(F)F)n1)NCc1ccc(F)cc1. The summed E-state index contributed by atoms with van der Waals surface area (Å²) < 4.78 is 50.6. The lowest BCUT2D eigenvalue weighted by Gasteiger charge is -2.06. The standard InChI is InChI=1S/C13H11F4N3O/c14-10-3-1-9(2-4-10)7-18-12(21)8-20-6-5-11(19-20)13(15,16)17/h1-6H,7-8H2,(H,18,21). The van der Waals surface area contributed by atoms with Crippen LogP contribution in [0.25, 0.3) is 0 Å². The van der Waals surface area contributed by atoms with Gasteiger partial charge >= 0.3 is 6.18 Å². The maximum Gasteiger partial charge on any atom is 0.435 e. The molecule has 0 spiro atoms. The molecule has 2 rings (SSSR count). The van der Waals surface area contributed by atoms with E-state index in [0.29, 0.717) is 5.56 Å². The van der Waals surface area contributed by atoms with E-state index in [1.165, 1.54) is 24.3 Å². The van der Waals surface area contributed by atoms with Gasteiger partial charge in [-0.05, 0) is 23.8 Å². The third-order valence-electron chi connectivity index (χ3n) is 2.64. The second kappa shape index (κ2) is 5.94. The largest absolute Gasteiger partial charge is 0.435 e. The van der Waals surface area contributed by atoms with Gasteiger partial charge in [0.25, 0.3) is 0 Å². The van der Waals surface area contributed by atoms with E-state index in [1.54, 1.807) is 0 Å². The Bertz CT molecular complexity index is 619. The Kier molecular flexibility index (Phi) is 4.25. The van der Waals surface area contributed by atoms with Crippen molar-refractivity contribution in [3.8, 4) is 0 Å². The number of rotatable bonds is 4. The van der Waals surface area contributed by atoms with Crippen molar-refractivity contribution in [2.45, 2.75) is 19.3 Å². The van der Waals surface area contributed by atoms with Crippen LogP contribution in [0.2, 0.25) is 0 Å². The number of carbonyl (C=O) groups is 1. The van der Waals surface area contributed by atoms with Crippen LogP contribution in [0.15, 0.2) is 36.5 Å². The van der Waals surface area contributed by atoms with Gasteiger partial charge in [0.1, 0.15) is 12.4 Å². The minimum atomic E-state index is -4.53. The van der Waals surface area contributed by atoms with E-state index in [9.17, 15) is 22.4 Å². The summed E-state index contributed by atoms with van der Waals surface area (Å²) in [6.45, 7) is -0.163. The number of alkyl halides is 3. The topological polar surface area (TPSA) is 46.9 Å². The molecule has 4 nitrogen and oxygen atoms in total. The quantitative estimate of drug-likeness (QED) is 0.881. The van der Waals surface area contributed by atoms with Crippen LogP contribution in [0, 0.1) is 5.82 Å². The summed E-state index contributed by atoms with van der Waals surface area (Å²) >= 11 is 0. The van der Waals surface area contributed by atoms with Crippen molar-refractivity contribution in [2.24, 2.45) is 0 Å². The van der Waals surface area contributed by atoms with Gasteiger partial charge in [-0.3, -0.25) is 9.48 Å². The fourth-order valence-electron chi connectivity index (χ4n) is 1.61. The lowest BCUT2D eigenvalue weighted by atomic mass is 10.2. The third kappa shape index (κ3) is 4.30. The van der Waals surface area contributed by atoms with Crippen LogP contribution >= 0.6 is 0 Å². The first-order chi connectivity index (χ1) is 9.84. The molecule has 1 aromatic carbocycles. The van der Waals surface area contributed by atoms with Crippen LogP contribution in [-0.2, 0) is 24.1 Å². The molecule has 0 aliphatic carbocycles. The molecule has 0 unspecified atom stereocenters. The molecular formula is C13H11F4N3O. The summed E-state index contributed by atoms with van der Waals surface area (Å²) in [5, 5.41) is 5.78. The van der Waals surface area contributed by atoms with Crippen molar-refractivity contribution in [1.82, 2.24) is 15.1 Å². The highest BCUT2D eigenvalue weighted by molar-refractivity contribution is 5.75. The van der Waals surface area contributed by atoms with Crippen LogP contribution in [0.4, 0.5) is 17.6 Å². The number of carbonyl (C=O) groups excluding carboxylic acids is 1. The first-order valence-electron chi connectivity index (χ1n) is 5.96. The fraction of sp³-hybridized carbons (Fsp3) is 0.231. The minimum Gasteiger partial charge on any atom is -0.350 e. The molecule has 0 bridgehead atoms. The monoisotopic (exact) mass is 301 g/mol. The van der Waals surface area contributed by atoms with Crippen molar-refractivity contribution in [2.75, 3.05) is 0 Å². The number of hydrogen-bond acceptors (Lipinski definition) is 2. The smallest absolute Gasteiger partial charge is 0.350 e. The summed E-state index contributed by atoms with van der Waals surface area (Å²) in [6.07, 6.45) is -3.45. The Balaban J connectivity index is 1.87. The maximum atomic E-state index is 12.7. The van der Waals surface area contributed by atoms with Crippen molar-refractivity contribution < 1.29 is 22.4 Å². The molecule has 1 aromatic heterocycles. The van der Waals surface area contributed by atoms with Crippen molar-refractivity contribution >= 4 is 5.91 Å². The average molecular weight is 301 g/mol. The molecule has 0 aliphatic heterocycles. The Labute approximate surface area is 117 Å². The van der Waals surface area contributed by atoms with Gasteiger partial charge in [-0.2, -0.15) is 18.3 Å². The van der Waals surface area contributed by atoms with Crippen molar-refractivity contribution in [3.63, 3.8) is 0 Å². The molecule has 0 radical (unpaired) electrons. The molecule has 1 heterocycles. The Morgan fingerprint density at radius 3 is 2.43 bits per heavy atom. The maximum absolute atomic E-state index is 12.7. The Hall–Kier alpha value is -2.38. The second-order valence-electron chi connectivity index (χ2n) is 4.30. The minimum absolute atomic E-state index is 0.159. The lowest BCUT2D eigenvalue weighted by molar-refractivity contribution is -0.141. The number of amides is 1. The normalized spacial score (nSPS) is 11.4. The molecular weight excluding hydrogens is 290 g/mol. The van der Waals surface area contributed by atoms with Crippen LogP contribution in [0.3, 0.4) is 0 Å². The van der Waals surface area contributed by atoms with Gasteiger partial charge in [0.05, 0.1) is 0 Å². The average Bonchev–Trinajstić information content (AvgIpc) is 2.86. The zero-order chi connectivity index (χ0) is 15.5. The molecule has 8 heteroatoms. The molecule has 2 aromatic rings. The lowest BCUT2D eigenvalue weighted by Crippen LogP contribution is -2.27. The number of nitrogens with one attached hydrogen (secondary N) is 1. The van der Waals surface area contributed by atoms with Gasteiger partial charge in [-0.1, -0.05) is 12.1 Å². The molecule has 1 amide bonds. The Morgan fingerprint density at radius 1 is 1.19 bits per heavy atom.